The van der Waals surface area contributed by atoms with Crippen LogP contribution in [0, 0.1) is 18.4 Å². The van der Waals surface area contributed by atoms with Crippen LogP contribution in [0.2, 0.25) is 0 Å². The second kappa shape index (κ2) is 21.2. The van der Waals surface area contributed by atoms with Gasteiger partial charge in [0.1, 0.15) is 6.10 Å². The van der Waals surface area contributed by atoms with Crippen LogP contribution in [0.5, 0.6) is 0 Å². The number of hydrogen-bond acceptors (Lipinski definition) is 7. The van der Waals surface area contributed by atoms with E-state index in [0.717, 1.165) is 38.5 Å². The lowest BCUT2D eigenvalue weighted by Gasteiger charge is -2.32. The number of rotatable bonds is 25. The largest absolute Gasteiger partial charge is 0.387 e. The van der Waals surface area contributed by atoms with Crippen LogP contribution in [-0.2, 0) is 20.8 Å². The van der Waals surface area contributed by atoms with Crippen LogP contribution in [0.15, 0.2) is 6.33 Å². The molecule has 0 bridgehead atoms. The maximum atomic E-state index is 14.4. The van der Waals surface area contributed by atoms with E-state index in [9.17, 15) is 14.3 Å². The molecule has 0 aromatic carbocycles. The summed E-state index contributed by atoms with van der Waals surface area (Å²) < 4.78 is 27.2. The average Bonchev–Trinajstić information content (AvgIpc) is 3.39. The summed E-state index contributed by atoms with van der Waals surface area (Å²) in [7, 11) is 1.42. The van der Waals surface area contributed by atoms with E-state index < -0.39 is 17.8 Å². The van der Waals surface area contributed by atoms with Crippen molar-refractivity contribution >= 4 is 22.9 Å². The van der Waals surface area contributed by atoms with Gasteiger partial charge in [-0.2, -0.15) is 14.4 Å². The zero-order chi connectivity index (χ0) is 31.3. The number of aliphatic hydroxyl groups excluding tert-OH is 1. The molecular formula is C33H54FN5O4. The third-order valence-electron chi connectivity index (χ3n) is 7.93. The van der Waals surface area contributed by atoms with Gasteiger partial charge >= 0.3 is 6.08 Å². The molecule has 2 aromatic heterocycles. The molecule has 2 aromatic rings. The molecule has 242 valence electrons. The van der Waals surface area contributed by atoms with Crippen molar-refractivity contribution in [2.45, 2.75) is 141 Å². The average molecular weight is 604 g/mol. The van der Waals surface area contributed by atoms with E-state index >= 15 is 0 Å². The van der Waals surface area contributed by atoms with Gasteiger partial charge in [-0.3, -0.25) is 4.79 Å². The van der Waals surface area contributed by atoms with Crippen molar-refractivity contribution in [3.63, 3.8) is 0 Å². The number of nitrogens with one attached hydrogen (secondary N) is 1. The number of anilines is 1. The number of ether oxygens (including phenoxy) is 2. The maximum absolute atomic E-state index is 14.4. The second-order valence-electron chi connectivity index (χ2n) is 11.5. The zero-order valence-electron chi connectivity index (χ0n) is 26.7. The first-order valence-corrected chi connectivity index (χ1v) is 16.4. The van der Waals surface area contributed by atoms with Crippen LogP contribution >= 0.6 is 0 Å². The first-order chi connectivity index (χ1) is 20.9. The molecule has 0 fully saturated rings. The molecule has 0 aliphatic rings. The Bertz CT molecular complexity index is 1100. The highest BCUT2D eigenvalue weighted by atomic mass is 19.1. The summed E-state index contributed by atoms with van der Waals surface area (Å²) >= 11 is 0. The van der Waals surface area contributed by atoms with Crippen molar-refractivity contribution in [2.24, 2.45) is 0 Å². The highest BCUT2D eigenvalue weighted by molar-refractivity contribution is 5.96. The van der Waals surface area contributed by atoms with Crippen LogP contribution in [-0.4, -0.2) is 62.6 Å². The number of nitrogens with zero attached hydrogens (tertiary/aromatic N) is 4. The standard InChI is InChI=1S/C33H54FN5O4/c1-5-8-10-12-13-14-15-16-17-18-20-22-28(41)36-30-29-31(38-32(34)37-30)39(26-35-29)24-27(40)33(7-3,42-4)25-43-23-21-19-11-9-6-2/h3,26-27,40H,5-6,8-25H2,1-2,4H3,(H,36,37,38,41)/t27-,33+/m0/s1. The number of unbranched alkanes of at least 4 members (excludes halogenated alkanes) is 14. The molecule has 0 aliphatic heterocycles. The minimum atomic E-state index is -1.41. The predicted molar refractivity (Wildman–Crippen MR) is 169 cm³/mol. The van der Waals surface area contributed by atoms with E-state index in [4.69, 9.17) is 15.9 Å². The van der Waals surface area contributed by atoms with Crippen LogP contribution in [0.25, 0.3) is 11.2 Å². The van der Waals surface area contributed by atoms with Gasteiger partial charge in [-0.1, -0.05) is 110 Å². The fourth-order valence-electron chi connectivity index (χ4n) is 5.14. The van der Waals surface area contributed by atoms with Crippen molar-refractivity contribution in [1.29, 1.82) is 0 Å². The molecule has 10 heteroatoms. The summed E-state index contributed by atoms with van der Waals surface area (Å²) in [6.07, 6.45) is 23.9. The first kappa shape index (κ1) is 36.6. The molecule has 43 heavy (non-hydrogen) atoms. The summed E-state index contributed by atoms with van der Waals surface area (Å²) in [6.45, 7) is 4.84. The summed E-state index contributed by atoms with van der Waals surface area (Å²) in [5.41, 5.74) is -1.04. The topological polar surface area (TPSA) is 111 Å². The smallest absolute Gasteiger partial charge is 0.312 e. The lowest BCUT2D eigenvalue weighted by Crippen LogP contribution is -2.49. The highest BCUT2D eigenvalue weighted by Gasteiger charge is 2.37. The highest BCUT2D eigenvalue weighted by Crippen LogP contribution is 2.23. The minimum Gasteiger partial charge on any atom is -0.387 e. The molecule has 0 spiro atoms. The number of fused-ring (bicyclic) bond motifs is 1. The summed E-state index contributed by atoms with van der Waals surface area (Å²) in [4.78, 5) is 24.5. The Morgan fingerprint density at radius 2 is 1.58 bits per heavy atom. The van der Waals surface area contributed by atoms with Crippen molar-refractivity contribution in [1.82, 2.24) is 19.5 Å². The molecule has 2 rings (SSSR count). The van der Waals surface area contributed by atoms with Crippen molar-refractivity contribution < 1.29 is 23.8 Å². The fraction of sp³-hybridized carbons (Fsp3) is 0.758. The van der Waals surface area contributed by atoms with E-state index in [2.05, 4.69) is 40.0 Å². The Hall–Kier alpha value is -2.61. The van der Waals surface area contributed by atoms with Gasteiger partial charge in [-0.15, -0.1) is 6.42 Å². The number of carbonyl (C=O) groups excluding carboxylic acids is 1. The number of amides is 1. The van der Waals surface area contributed by atoms with E-state index in [-0.39, 0.29) is 36.0 Å². The number of carbonyl (C=O) groups is 1. The summed E-state index contributed by atoms with van der Waals surface area (Å²) in [5, 5.41) is 13.8. The van der Waals surface area contributed by atoms with Crippen LogP contribution in [0.4, 0.5) is 10.2 Å². The van der Waals surface area contributed by atoms with Gasteiger partial charge in [0.15, 0.2) is 22.6 Å². The quantitative estimate of drug-likeness (QED) is 0.0716. The molecule has 0 aliphatic carbocycles. The van der Waals surface area contributed by atoms with Crippen molar-refractivity contribution in [2.75, 3.05) is 25.6 Å². The molecular weight excluding hydrogens is 549 g/mol. The number of methoxy groups -OCH3 is 1. The number of halogens is 1. The van der Waals surface area contributed by atoms with E-state index in [1.54, 1.807) is 0 Å². The number of aliphatic hydroxyl groups is 1. The van der Waals surface area contributed by atoms with Crippen LogP contribution in [0.3, 0.4) is 0 Å². The molecule has 0 radical (unpaired) electrons. The SMILES string of the molecule is C#C[C@](COCCCCCCC)(OC)[C@@H](O)Cn1cnc2c(NC(=O)CCCCCCCCCCCCC)nc(F)nc21. The Morgan fingerprint density at radius 1 is 1.00 bits per heavy atom. The summed E-state index contributed by atoms with van der Waals surface area (Å²) in [6, 6.07) is 0. The maximum Gasteiger partial charge on any atom is 0.312 e. The van der Waals surface area contributed by atoms with Crippen molar-refractivity contribution in [3.05, 3.63) is 12.4 Å². The Morgan fingerprint density at radius 3 is 2.16 bits per heavy atom. The second-order valence-corrected chi connectivity index (χ2v) is 11.5. The Labute approximate surface area is 257 Å². The molecule has 0 unspecified atom stereocenters. The normalized spacial score (nSPS) is 13.6. The molecule has 2 atom stereocenters. The number of aromatic nitrogens is 4. The van der Waals surface area contributed by atoms with Crippen molar-refractivity contribution in [3.8, 4) is 12.3 Å². The molecule has 2 heterocycles. The predicted octanol–water partition coefficient (Wildman–Crippen LogP) is 6.97. The van der Waals surface area contributed by atoms with Crippen LogP contribution < -0.4 is 5.32 Å². The van der Waals surface area contributed by atoms with E-state index in [1.165, 1.54) is 82.2 Å². The molecule has 0 saturated carbocycles. The molecule has 0 saturated heterocycles. The van der Waals surface area contributed by atoms with Gasteiger partial charge in [0.25, 0.3) is 0 Å². The molecule has 9 nitrogen and oxygen atoms in total. The lowest BCUT2D eigenvalue weighted by atomic mass is 9.98. The third kappa shape index (κ3) is 12.9. The van der Waals surface area contributed by atoms with Gasteiger partial charge < -0.3 is 24.5 Å². The Kier molecular flexibility index (Phi) is 18.0. The Balaban J connectivity index is 1.87. The molecule has 2 N–H and O–H groups in total. The van der Waals surface area contributed by atoms with Crippen LogP contribution in [0.1, 0.15) is 123 Å². The first-order valence-electron chi connectivity index (χ1n) is 16.4. The van der Waals surface area contributed by atoms with Gasteiger partial charge in [0, 0.05) is 20.1 Å². The summed E-state index contributed by atoms with van der Waals surface area (Å²) in [5.74, 6) is 2.30. The number of hydrogen-bond donors (Lipinski definition) is 2. The van der Waals surface area contributed by atoms with E-state index in [1.807, 2.05) is 0 Å². The van der Waals surface area contributed by atoms with Gasteiger partial charge in [-0.25, -0.2) is 4.98 Å². The van der Waals surface area contributed by atoms with E-state index in [0.29, 0.717) is 13.0 Å². The lowest BCUT2D eigenvalue weighted by molar-refractivity contribution is -0.116. The number of imidazole rings is 1. The van der Waals surface area contributed by atoms with Gasteiger partial charge in [-0.05, 0) is 12.8 Å². The molecule has 1 amide bonds. The third-order valence-corrected chi connectivity index (χ3v) is 7.93. The minimum absolute atomic E-state index is 0.00479. The van der Waals surface area contributed by atoms with Gasteiger partial charge in [0.2, 0.25) is 5.91 Å². The monoisotopic (exact) mass is 603 g/mol. The van der Waals surface area contributed by atoms with Gasteiger partial charge in [0.05, 0.1) is 19.5 Å². The number of terminal acetylenes is 1. The zero-order valence-corrected chi connectivity index (χ0v) is 26.7. The fourth-order valence-corrected chi connectivity index (χ4v) is 5.14.